The molecule has 8 nitrogen and oxygen atoms in total. The van der Waals surface area contributed by atoms with Crippen molar-refractivity contribution in [1.29, 1.82) is 0 Å². The van der Waals surface area contributed by atoms with Crippen molar-refractivity contribution in [1.82, 2.24) is 10.2 Å². The van der Waals surface area contributed by atoms with Gasteiger partial charge < -0.3 is 15.0 Å². The molecule has 2 rings (SSSR count). The highest BCUT2D eigenvalue weighted by Crippen LogP contribution is 2.31. The second-order valence-electron chi connectivity index (χ2n) is 8.42. The van der Waals surface area contributed by atoms with Crippen LogP contribution in [-0.4, -0.2) is 57.6 Å². The number of nitrogens with zero attached hydrogens (tertiary/aromatic N) is 2. The van der Waals surface area contributed by atoms with Crippen LogP contribution in [0.15, 0.2) is 42.5 Å². The number of carbonyl (C=O) groups is 2. The fourth-order valence-corrected chi connectivity index (χ4v) is 4.60. The van der Waals surface area contributed by atoms with Crippen LogP contribution < -0.4 is 14.4 Å². The van der Waals surface area contributed by atoms with Crippen LogP contribution in [0.5, 0.6) is 5.75 Å². The highest BCUT2D eigenvalue weighted by atomic mass is 35.5. The van der Waals surface area contributed by atoms with Crippen LogP contribution in [0.3, 0.4) is 0 Å². The van der Waals surface area contributed by atoms with Gasteiger partial charge in [-0.15, -0.1) is 0 Å². The number of sulfonamides is 1. The molecule has 2 amide bonds. The standard InChI is InChI=1S/C25H34ClN3O5S/c1-6-7-13-27-25(31)19(3)28(16-20-9-8-10-21(26)15-20)24(30)17-29(35(5,32)33)22-14-18(2)11-12-23(22)34-4/h8-12,14-15,19H,6-7,13,16-17H2,1-5H3,(H,27,31)/t19-/m1/s1. The molecule has 0 aliphatic rings. The minimum absolute atomic E-state index is 0.0876. The minimum atomic E-state index is -3.85. The van der Waals surface area contributed by atoms with Gasteiger partial charge in [-0.25, -0.2) is 8.42 Å². The molecule has 0 heterocycles. The van der Waals surface area contributed by atoms with Gasteiger partial charge in [0.1, 0.15) is 18.3 Å². The summed E-state index contributed by atoms with van der Waals surface area (Å²) in [7, 11) is -2.42. The van der Waals surface area contributed by atoms with E-state index in [0.717, 1.165) is 34.5 Å². The van der Waals surface area contributed by atoms with Crippen molar-refractivity contribution in [3.63, 3.8) is 0 Å². The van der Waals surface area contributed by atoms with E-state index < -0.39 is 28.5 Å². The molecule has 192 valence electrons. The molecule has 0 aliphatic heterocycles. The number of hydrogen-bond acceptors (Lipinski definition) is 5. The van der Waals surface area contributed by atoms with E-state index in [2.05, 4.69) is 5.32 Å². The molecule has 10 heteroatoms. The van der Waals surface area contributed by atoms with E-state index in [1.165, 1.54) is 12.0 Å². The Morgan fingerprint density at radius 2 is 1.89 bits per heavy atom. The number of hydrogen-bond donors (Lipinski definition) is 1. The molecule has 0 radical (unpaired) electrons. The van der Waals surface area contributed by atoms with Gasteiger partial charge in [-0.2, -0.15) is 0 Å². The van der Waals surface area contributed by atoms with E-state index in [1.807, 2.05) is 13.8 Å². The summed E-state index contributed by atoms with van der Waals surface area (Å²) in [6.45, 7) is 5.55. The lowest BCUT2D eigenvalue weighted by atomic mass is 10.1. The van der Waals surface area contributed by atoms with Crippen LogP contribution in [0.25, 0.3) is 0 Å². The van der Waals surface area contributed by atoms with Gasteiger partial charge in [0.15, 0.2) is 0 Å². The number of benzene rings is 2. The zero-order valence-corrected chi connectivity index (χ0v) is 22.4. The van der Waals surface area contributed by atoms with Crippen molar-refractivity contribution in [2.45, 2.75) is 46.2 Å². The highest BCUT2D eigenvalue weighted by Gasteiger charge is 2.31. The fourth-order valence-electron chi connectivity index (χ4n) is 3.54. The van der Waals surface area contributed by atoms with E-state index in [-0.39, 0.29) is 18.1 Å². The molecular weight excluding hydrogens is 490 g/mol. The summed E-state index contributed by atoms with van der Waals surface area (Å²) < 4.78 is 31.9. The van der Waals surface area contributed by atoms with Crippen molar-refractivity contribution in [2.75, 3.05) is 30.8 Å². The number of ether oxygens (including phenoxy) is 1. The van der Waals surface area contributed by atoms with E-state index in [0.29, 0.717) is 17.3 Å². The number of unbranched alkanes of at least 4 members (excludes halogenated alkanes) is 1. The van der Waals surface area contributed by atoms with Gasteiger partial charge in [0.25, 0.3) is 0 Å². The molecule has 0 saturated carbocycles. The number of halogens is 1. The summed E-state index contributed by atoms with van der Waals surface area (Å²) in [6.07, 6.45) is 2.77. The van der Waals surface area contributed by atoms with Crippen molar-refractivity contribution in [3.8, 4) is 5.75 Å². The Labute approximate surface area is 213 Å². The maximum atomic E-state index is 13.6. The molecule has 35 heavy (non-hydrogen) atoms. The van der Waals surface area contributed by atoms with Crippen LogP contribution >= 0.6 is 11.6 Å². The number of methoxy groups -OCH3 is 1. The number of aryl methyl sites for hydroxylation is 1. The van der Waals surface area contributed by atoms with E-state index in [4.69, 9.17) is 16.3 Å². The molecule has 0 saturated heterocycles. The molecule has 0 bridgehead atoms. The zero-order chi connectivity index (χ0) is 26.2. The second kappa shape index (κ2) is 12.8. The fraction of sp³-hybridized carbons (Fsp3) is 0.440. The Kier molecular flexibility index (Phi) is 10.4. The molecule has 0 aliphatic carbocycles. The smallest absolute Gasteiger partial charge is 0.244 e. The van der Waals surface area contributed by atoms with E-state index in [9.17, 15) is 18.0 Å². The van der Waals surface area contributed by atoms with Crippen molar-refractivity contribution in [2.24, 2.45) is 0 Å². The Bertz CT molecular complexity index is 1140. The third-order valence-corrected chi connectivity index (χ3v) is 6.88. The lowest BCUT2D eigenvalue weighted by molar-refractivity contribution is -0.139. The second-order valence-corrected chi connectivity index (χ2v) is 10.8. The van der Waals surface area contributed by atoms with E-state index in [1.54, 1.807) is 49.4 Å². The molecule has 2 aromatic rings. The number of amides is 2. The van der Waals surface area contributed by atoms with Crippen LogP contribution in [0.2, 0.25) is 5.02 Å². The van der Waals surface area contributed by atoms with Gasteiger partial charge in [0.05, 0.1) is 19.1 Å². The van der Waals surface area contributed by atoms with Crippen LogP contribution in [0.4, 0.5) is 5.69 Å². The maximum absolute atomic E-state index is 13.6. The van der Waals surface area contributed by atoms with Gasteiger partial charge in [0, 0.05) is 18.1 Å². The molecule has 1 atom stereocenters. The summed E-state index contributed by atoms with van der Waals surface area (Å²) in [4.78, 5) is 27.8. The van der Waals surface area contributed by atoms with Gasteiger partial charge >= 0.3 is 0 Å². The Morgan fingerprint density at radius 1 is 1.17 bits per heavy atom. The molecule has 0 unspecified atom stereocenters. The Balaban J connectivity index is 2.42. The number of anilines is 1. The summed E-state index contributed by atoms with van der Waals surface area (Å²) >= 11 is 6.12. The number of carbonyl (C=O) groups excluding carboxylic acids is 2. The first-order valence-electron chi connectivity index (χ1n) is 11.4. The van der Waals surface area contributed by atoms with Crippen molar-refractivity contribution >= 4 is 39.1 Å². The number of nitrogens with one attached hydrogen (secondary N) is 1. The molecule has 0 fully saturated rings. The average molecular weight is 524 g/mol. The Morgan fingerprint density at radius 3 is 2.49 bits per heavy atom. The molecular formula is C25H34ClN3O5S. The first-order chi connectivity index (χ1) is 16.5. The molecule has 0 aromatic heterocycles. The normalized spacial score (nSPS) is 12.1. The summed E-state index contributed by atoms with van der Waals surface area (Å²) in [5.41, 5.74) is 1.78. The average Bonchev–Trinajstić information content (AvgIpc) is 2.79. The van der Waals surface area contributed by atoms with Crippen molar-refractivity contribution < 1.29 is 22.7 Å². The zero-order valence-electron chi connectivity index (χ0n) is 20.9. The van der Waals surface area contributed by atoms with E-state index >= 15 is 0 Å². The predicted molar refractivity (Wildman–Crippen MR) is 139 cm³/mol. The molecule has 2 aromatic carbocycles. The van der Waals surface area contributed by atoms with Crippen LogP contribution in [0.1, 0.15) is 37.8 Å². The molecule has 1 N–H and O–H groups in total. The topological polar surface area (TPSA) is 96.0 Å². The SMILES string of the molecule is CCCCNC(=O)[C@@H](C)N(Cc1cccc(Cl)c1)C(=O)CN(c1cc(C)ccc1OC)S(C)(=O)=O. The molecule has 0 spiro atoms. The lowest BCUT2D eigenvalue weighted by Gasteiger charge is -2.32. The van der Waals surface area contributed by atoms with Gasteiger partial charge in [0.2, 0.25) is 21.8 Å². The summed E-state index contributed by atoms with van der Waals surface area (Å²) in [6, 6.07) is 11.2. The third-order valence-electron chi connectivity index (χ3n) is 5.52. The van der Waals surface area contributed by atoms with Crippen molar-refractivity contribution in [3.05, 3.63) is 58.6 Å². The maximum Gasteiger partial charge on any atom is 0.244 e. The Hall–Kier alpha value is -2.78. The quantitative estimate of drug-likeness (QED) is 0.427. The van der Waals surface area contributed by atoms with Crippen LogP contribution in [-0.2, 0) is 26.2 Å². The monoisotopic (exact) mass is 523 g/mol. The first-order valence-corrected chi connectivity index (χ1v) is 13.6. The predicted octanol–water partition coefficient (Wildman–Crippen LogP) is 3.76. The summed E-state index contributed by atoms with van der Waals surface area (Å²) in [5, 5.41) is 3.34. The highest BCUT2D eigenvalue weighted by molar-refractivity contribution is 7.92. The van der Waals surface area contributed by atoms with Gasteiger partial charge in [-0.1, -0.05) is 43.1 Å². The third kappa shape index (κ3) is 8.14. The van der Waals surface area contributed by atoms with Crippen LogP contribution in [0, 0.1) is 6.92 Å². The summed E-state index contributed by atoms with van der Waals surface area (Å²) in [5.74, 6) is -0.523. The van der Waals surface area contributed by atoms with Gasteiger partial charge in [-0.05, 0) is 55.7 Å². The number of rotatable bonds is 12. The lowest BCUT2D eigenvalue weighted by Crippen LogP contribution is -2.51. The minimum Gasteiger partial charge on any atom is -0.495 e. The first kappa shape index (κ1) is 28.5. The largest absolute Gasteiger partial charge is 0.495 e. The van der Waals surface area contributed by atoms with Gasteiger partial charge in [-0.3, -0.25) is 13.9 Å².